The molecule has 2 N–H and O–H groups in total. The zero-order valence-corrected chi connectivity index (χ0v) is 17.1. The summed E-state index contributed by atoms with van der Waals surface area (Å²) in [4.78, 5) is 24.4. The Bertz CT molecular complexity index is 1020. The van der Waals surface area contributed by atoms with Gasteiger partial charge in [-0.1, -0.05) is 23.2 Å². The number of anilines is 2. The second kappa shape index (κ2) is 9.45. The van der Waals surface area contributed by atoms with Crippen LogP contribution in [0.25, 0.3) is 0 Å². The van der Waals surface area contributed by atoms with Gasteiger partial charge in [-0.15, -0.1) is 0 Å². The minimum Gasteiger partial charge on any atom is -0.484 e. The predicted molar refractivity (Wildman–Crippen MR) is 116 cm³/mol. The van der Waals surface area contributed by atoms with Crippen LogP contribution in [0.15, 0.2) is 66.7 Å². The molecule has 0 fully saturated rings. The highest BCUT2D eigenvalue weighted by atomic mass is 35.5. The van der Waals surface area contributed by atoms with Crippen molar-refractivity contribution in [2.24, 2.45) is 0 Å². The molecule has 148 valence electrons. The molecular formula is C22H18Cl2N2O3. The van der Waals surface area contributed by atoms with E-state index >= 15 is 0 Å². The Labute approximate surface area is 178 Å². The maximum absolute atomic E-state index is 12.4. The number of benzene rings is 3. The summed E-state index contributed by atoms with van der Waals surface area (Å²) in [6, 6.07) is 18.6. The summed E-state index contributed by atoms with van der Waals surface area (Å²) in [7, 11) is 0. The Morgan fingerprint density at radius 1 is 0.862 bits per heavy atom. The SMILES string of the molecule is Cc1cc(Cl)ccc1NC(=O)c1ccc(OCC(=O)Nc2ccc(Cl)cc2)cc1. The third-order valence-corrected chi connectivity index (χ3v) is 4.54. The lowest BCUT2D eigenvalue weighted by Crippen LogP contribution is -2.20. The summed E-state index contributed by atoms with van der Waals surface area (Å²) < 4.78 is 5.46. The van der Waals surface area contributed by atoms with Crippen LogP contribution in [0.3, 0.4) is 0 Å². The Morgan fingerprint density at radius 3 is 2.17 bits per heavy atom. The average molecular weight is 429 g/mol. The molecule has 0 unspecified atom stereocenters. The second-order valence-corrected chi connectivity index (χ2v) is 7.15. The van der Waals surface area contributed by atoms with Crippen molar-refractivity contribution in [1.82, 2.24) is 0 Å². The van der Waals surface area contributed by atoms with Crippen molar-refractivity contribution in [2.45, 2.75) is 6.92 Å². The molecule has 0 aliphatic carbocycles. The van der Waals surface area contributed by atoms with Crippen molar-refractivity contribution in [2.75, 3.05) is 17.2 Å². The van der Waals surface area contributed by atoms with Crippen LogP contribution >= 0.6 is 23.2 Å². The number of halogens is 2. The van der Waals surface area contributed by atoms with Crippen LogP contribution in [-0.4, -0.2) is 18.4 Å². The van der Waals surface area contributed by atoms with Gasteiger partial charge in [0, 0.05) is 27.0 Å². The number of rotatable bonds is 6. The van der Waals surface area contributed by atoms with E-state index in [2.05, 4.69) is 10.6 Å². The van der Waals surface area contributed by atoms with Gasteiger partial charge in [0.25, 0.3) is 11.8 Å². The van der Waals surface area contributed by atoms with E-state index in [9.17, 15) is 9.59 Å². The van der Waals surface area contributed by atoms with Gasteiger partial charge in [-0.3, -0.25) is 9.59 Å². The fourth-order valence-electron chi connectivity index (χ4n) is 2.54. The molecule has 0 saturated carbocycles. The molecule has 0 saturated heterocycles. The first-order valence-electron chi connectivity index (χ1n) is 8.76. The van der Waals surface area contributed by atoms with E-state index in [-0.39, 0.29) is 18.4 Å². The van der Waals surface area contributed by atoms with Crippen molar-refractivity contribution in [3.05, 3.63) is 87.9 Å². The maximum atomic E-state index is 12.4. The molecule has 0 atom stereocenters. The van der Waals surface area contributed by atoms with E-state index in [1.807, 2.05) is 6.92 Å². The van der Waals surface area contributed by atoms with Crippen LogP contribution in [0.4, 0.5) is 11.4 Å². The molecule has 0 heterocycles. The van der Waals surface area contributed by atoms with Crippen molar-refractivity contribution in [3.8, 4) is 5.75 Å². The Hall–Kier alpha value is -3.02. The number of ether oxygens (including phenoxy) is 1. The van der Waals surface area contributed by atoms with Gasteiger partial charge in [0.2, 0.25) is 0 Å². The molecule has 0 aliphatic heterocycles. The topological polar surface area (TPSA) is 67.4 Å². The molecule has 7 heteroatoms. The number of nitrogens with one attached hydrogen (secondary N) is 2. The minimum absolute atomic E-state index is 0.155. The summed E-state index contributed by atoms with van der Waals surface area (Å²) in [5.41, 5.74) is 2.67. The fourth-order valence-corrected chi connectivity index (χ4v) is 2.90. The molecule has 29 heavy (non-hydrogen) atoms. The van der Waals surface area contributed by atoms with Crippen LogP contribution in [-0.2, 0) is 4.79 Å². The standard InChI is InChI=1S/C22H18Cl2N2O3/c1-14-12-17(24)6-11-20(14)26-22(28)15-2-9-19(10-3-15)29-13-21(27)25-18-7-4-16(23)5-8-18/h2-12H,13H2,1H3,(H,25,27)(H,26,28). The van der Waals surface area contributed by atoms with Gasteiger partial charge < -0.3 is 15.4 Å². The lowest BCUT2D eigenvalue weighted by Gasteiger charge is -2.10. The van der Waals surface area contributed by atoms with Gasteiger partial charge in [-0.05, 0) is 79.2 Å². The third kappa shape index (κ3) is 5.98. The molecule has 0 bridgehead atoms. The van der Waals surface area contributed by atoms with Crippen LogP contribution in [0.5, 0.6) is 5.75 Å². The number of carbonyl (C=O) groups excluding carboxylic acids is 2. The summed E-state index contributed by atoms with van der Waals surface area (Å²) in [5, 5.41) is 6.76. The molecule has 0 aromatic heterocycles. The molecule has 0 spiro atoms. The van der Waals surface area contributed by atoms with Crippen LogP contribution < -0.4 is 15.4 Å². The largest absolute Gasteiger partial charge is 0.484 e. The van der Waals surface area contributed by atoms with Crippen LogP contribution in [0.2, 0.25) is 10.0 Å². The van der Waals surface area contributed by atoms with Crippen molar-refractivity contribution in [3.63, 3.8) is 0 Å². The number of hydrogen-bond acceptors (Lipinski definition) is 3. The van der Waals surface area contributed by atoms with Gasteiger partial charge in [0.15, 0.2) is 6.61 Å². The van der Waals surface area contributed by atoms with E-state index in [0.717, 1.165) is 5.56 Å². The number of hydrogen-bond donors (Lipinski definition) is 2. The maximum Gasteiger partial charge on any atom is 0.262 e. The third-order valence-electron chi connectivity index (χ3n) is 4.05. The highest BCUT2D eigenvalue weighted by molar-refractivity contribution is 6.31. The molecule has 2 amide bonds. The highest BCUT2D eigenvalue weighted by Gasteiger charge is 2.09. The molecule has 0 aliphatic rings. The second-order valence-electron chi connectivity index (χ2n) is 6.28. The lowest BCUT2D eigenvalue weighted by molar-refractivity contribution is -0.118. The van der Waals surface area contributed by atoms with Crippen LogP contribution in [0.1, 0.15) is 15.9 Å². The Morgan fingerprint density at radius 2 is 1.52 bits per heavy atom. The monoisotopic (exact) mass is 428 g/mol. The van der Waals surface area contributed by atoms with Gasteiger partial charge in [0.05, 0.1) is 0 Å². The van der Waals surface area contributed by atoms with Crippen molar-refractivity contribution in [1.29, 1.82) is 0 Å². The highest BCUT2D eigenvalue weighted by Crippen LogP contribution is 2.21. The first-order valence-corrected chi connectivity index (χ1v) is 9.52. The van der Waals surface area contributed by atoms with E-state index in [4.69, 9.17) is 27.9 Å². The number of amides is 2. The normalized spacial score (nSPS) is 10.3. The van der Waals surface area contributed by atoms with Crippen LogP contribution in [0, 0.1) is 6.92 Å². The van der Waals surface area contributed by atoms with E-state index in [0.29, 0.717) is 32.7 Å². The zero-order chi connectivity index (χ0) is 20.8. The van der Waals surface area contributed by atoms with E-state index in [1.54, 1.807) is 66.7 Å². The minimum atomic E-state index is -0.299. The van der Waals surface area contributed by atoms with Gasteiger partial charge in [0.1, 0.15) is 5.75 Å². The molecule has 3 aromatic rings. The van der Waals surface area contributed by atoms with Crippen molar-refractivity contribution < 1.29 is 14.3 Å². The molecule has 5 nitrogen and oxygen atoms in total. The molecular weight excluding hydrogens is 411 g/mol. The van der Waals surface area contributed by atoms with Gasteiger partial charge in [-0.25, -0.2) is 0 Å². The summed E-state index contributed by atoms with van der Waals surface area (Å²) in [6.07, 6.45) is 0. The number of aryl methyl sites for hydroxylation is 1. The lowest BCUT2D eigenvalue weighted by atomic mass is 10.1. The smallest absolute Gasteiger partial charge is 0.262 e. The van der Waals surface area contributed by atoms with E-state index in [1.165, 1.54) is 0 Å². The predicted octanol–water partition coefficient (Wildman–Crippen LogP) is 5.57. The Kier molecular flexibility index (Phi) is 6.75. The van der Waals surface area contributed by atoms with Gasteiger partial charge in [-0.2, -0.15) is 0 Å². The van der Waals surface area contributed by atoms with Gasteiger partial charge >= 0.3 is 0 Å². The van der Waals surface area contributed by atoms with Crippen molar-refractivity contribution >= 4 is 46.4 Å². The zero-order valence-electron chi connectivity index (χ0n) is 15.5. The first-order chi connectivity index (χ1) is 13.9. The molecule has 0 radical (unpaired) electrons. The average Bonchev–Trinajstić information content (AvgIpc) is 2.70. The quantitative estimate of drug-likeness (QED) is 0.538. The number of carbonyl (C=O) groups is 2. The molecule has 3 aromatic carbocycles. The fraction of sp³-hybridized carbons (Fsp3) is 0.0909. The summed E-state index contributed by atoms with van der Waals surface area (Å²) in [5.74, 6) is -0.0645. The summed E-state index contributed by atoms with van der Waals surface area (Å²) >= 11 is 11.7. The summed E-state index contributed by atoms with van der Waals surface area (Å²) in [6.45, 7) is 1.71. The Balaban J connectivity index is 1.53. The first kappa shape index (κ1) is 20.7. The molecule has 3 rings (SSSR count). The van der Waals surface area contributed by atoms with E-state index < -0.39 is 0 Å².